The fourth-order valence-corrected chi connectivity index (χ4v) is 6.91. The largest absolute Gasteiger partial charge is 0.508 e. The van der Waals surface area contributed by atoms with E-state index in [9.17, 15) is 24.3 Å². The van der Waals surface area contributed by atoms with Gasteiger partial charge in [0.25, 0.3) is 11.8 Å². The number of hydrogen-bond donors (Lipinski definition) is 3. The summed E-state index contributed by atoms with van der Waals surface area (Å²) in [4.78, 5) is 48.3. The van der Waals surface area contributed by atoms with Crippen molar-refractivity contribution >= 4 is 35.1 Å². The Morgan fingerprint density at radius 3 is 1.42 bits per heavy atom. The highest BCUT2D eigenvalue weighted by molar-refractivity contribution is 7.99. The molecule has 9 heteroatoms. The molecule has 4 aromatic carbocycles. The summed E-state index contributed by atoms with van der Waals surface area (Å²) >= 11 is 1.97. The number of rotatable bonds is 25. The molecule has 0 aliphatic carbocycles. The molecule has 2 atom stereocenters. The number of hydrogen-bond acceptors (Lipinski definition) is 7. The first-order valence-electron chi connectivity index (χ1n) is 20.5. The number of ketones is 2. The summed E-state index contributed by atoms with van der Waals surface area (Å²) in [5.74, 6) is 2.56. The Labute approximate surface area is 344 Å². The number of carbonyl (C=O) groups is 4. The van der Waals surface area contributed by atoms with Gasteiger partial charge in [-0.2, -0.15) is 11.8 Å². The van der Waals surface area contributed by atoms with Gasteiger partial charge >= 0.3 is 0 Å². The summed E-state index contributed by atoms with van der Waals surface area (Å²) in [5, 5.41) is 14.9. The van der Waals surface area contributed by atoms with Crippen LogP contribution in [0.1, 0.15) is 117 Å². The van der Waals surface area contributed by atoms with Crippen LogP contribution in [-0.2, 0) is 22.4 Å². The maximum Gasteiger partial charge on any atom is 0.251 e. The molecule has 2 amide bonds. The average Bonchev–Trinajstić information content (AvgIpc) is 3.22. The van der Waals surface area contributed by atoms with Gasteiger partial charge in [0.2, 0.25) is 0 Å². The number of Topliss-reactive ketones (excluding diaryl/α,β-unsaturated/α-hetero) is 2. The van der Waals surface area contributed by atoms with E-state index in [0.717, 1.165) is 22.6 Å². The molecular weight excluding hydrogens is 733 g/mol. The minimum atomic E-state index is -0.581. The van der Waals surface area contributed by atoms with Crippen LogP contribution in [0.15, 0.2) is 109 Å². The van der Waals surface area contributed by atoms with Crippen molar-refractivity contribution in [2.24, 2.45) is 0 Å². The lowest BCUT2D eigenvalue weighted by atomic mass is 10.0. The van der Waals surface area contributed by atoms with E-state index in [4.69, 9.17) is 4.74 Å². The number of nitrogens with one attached hydrogen (secondary N) is 2. The molecule has 4 rings (SSSR count). The van der Waals surface area contributed by atoms with Crippen LogP contribution in [0.5, 0.6) is 11.5 Å². The van der Waals surface area contributed by atoms with Crippen molar-refractivity contribution in [3.8, 4) is 11.5 Å². The van der Waals surface area contributed by atoms with Crippen LogP contribution in [0.25, 0.3) is 0 Å². The van der Waals surface area contributed by atoms with Gasteiger partial charge in [0.15, 0.2) is 11.6 Å². The standard InChI is InChI=1S/C31H45NO3S.C17H17NO3/c1-3-4-5-6-7-8-9-10-11-15-23-36-24-22-35-29-20-18-27(19-21-29)25-30(26(2)33)32-31(34)28-16-13-12-14-17-28;1-12(19)16(11-13-7-9-15(20)10-8-13)18-17(21)14-5-3-2-4-6-14/h12-14,16-21,30H,3-11,15,22-25H2,1-2H3,(H,32,34);2-10,16,20H,11H2,1H3,(H,18,21). The van der Waals surface area contributed by atoms with Crippen LogP contribution < -0.4 is 15.4 Å². The fraction of sp³-hybridized carbons (Fsp3) is 0.417. The molecule has 0 heterocycles. The maximum absolute atomic E-state index is 12.4. The molecule has 8 nitrogen and oxygen atoms in total. The predicted octanol–water partition coefficient (Wildman–Crippen LogP) is 9.97. The second kappa shape index (κ2) is 27.7. The Bertz CT molecular complexity index is 1730. The van der Waals surface area contributed by atoms with Crippen molar-refractivity contribution in [2.45, 2.75) is 110 Å². The van der Waals surface area contributed by atoms with Crippen molar-refractivity contribution in [3.63, 3.8) is 0 Å². The summed E-state index contributed by atoms with van der Waals surface area (Å²) in [6, 6.07) is 31.0. The molecule has 0 bridgehead atoms. The van der Waals surface area contributed by atoms with Gasteiger partial charge < -0.3 is 20.5 Å². The number of benzene rings is 4. The molecule has 306 valence electrons. The van der Waals surface area contributed by atoms with E-state index >= 15 is 0 Å². The highest BCUT2D eigenvalue weighted by Crippen LogP contribution is 2.17. The molecule has 4 aromatic rings. The van der Waals surface area contributed by atoms with E-state index in [1.807, 2.05) is 60.3 Å². The average molecular weight is 795 g/mol. The highest BCUT2D eigenvalue weighted by atomic mass is 32.2. The topological polar surface area (TPSA) is 122 Å². The van der Waals surface area contributed by atoms with E-state index in [0.29, 0.717) is 30.6 Å². The van der Waals surface area contributed by atoms with Crippen molar-refractivity contribution in [1.82, 2.24) is 10.6 Å². The van der Waals surface area contributed by atoms with Gasteiger partial charge in [-0.05, 0) is 98.5 Å². The van der Waals surface area contributed by atoms with Crippen LogP contribution in [0.4, 0.5) is 0 Å². The zero-order chi connectivity index (χ0) is 41.1. The van der Waals surface area contributed by atoms with Gasteiger partial charge in [0, 0.05) is 16.9 Å². The number of carbonyl (C=O) groups excluding carboxylic acids is 4. The van der Waals surface area contributed by atoms with Crippen molar-refractivity contribution in [1.29, 1.82) is 0 Å². The number of phenolic OH excluding ortho intramolecular Hbond substituents is 1. The van der Waals surface area contributed by atoms with E-state index in [-0.39, 0.29) is 29.1 Å². The highest BCUT2D eigenvalue weighted by Gasteiger charge is 2.20. The van der Waals surface area contributed by atoms with Crippen molar-refractivity contribution < 1.29 is 29.0 Å². The van der Waals surface area contributed by atoms with Crippen LogP contribution in [0.3, 0.4) is 0 Å². The minimum absolute atomic E-state index is 0.0564. The quantitative estimate of drug-likeness (QED) is 0.0571. The minimum Gasteiger partial charge on any atom is -0.508 e. The first-order valence-corrected chi connectivity index (χ1v) is 21.6. The van der Waals surface area contributed by atoms with Gasteiger partial charge in [0.05, 0.1) is 18.7 Å². The lowest BCUT2D eigenvalue weighted by molar-refractivity contribution is -0.119. The van der Waals surface area contributed by atoms with Gasteiger partial charge in [0.1, 0.15) is 11.5 Å². The van der Waals surface area contributed by atoms with E-state index in [2.05, 4.69) is 17.6 Å². The molecule has 0 radical (unpaired) electrons. The van der Waals surface area contributed by atoms with Gasteiger partial charge in [-0.3, -0.25) is 19.2 Å². The number of ether oxygens (including phenoxy) is 1. The summed E-state index contributed by atoms with van der Waals surface area (Å²) in [6.07, 6.45) is 14.6. The summed E-state index contributed by atoms with van der Waals surface area (Å²) < 4.78 is 5.88. The Morgan fingerprint density at radius 1 is 0.561 bits per heavy atom. The van der Waals surface area contributed by atoms with Gasteiger partial charge in [-0.15, -0.1) is 0 Å². The monoisotopic (exact) mass is 794 g/mol. The predicted molar refractivity (Wildman–Crippen MR) is 233 cm³/mol. The Morgan fingerprint density at radius 2 is 0.982 bits per heavy atom. The molecule has 0 aliphatic rings. The molecule has 57 heavy (non-hydrogen) atoms. The number of amides is 2. The first-order chi connectivity index (χ1) is 27.7. The molecule has 0 saturated carbocycles. The number of unbranched alkanes of at least 4 members (excludes halogenated alkanes) is 9. The van der Waals surface area contributed by atoms with Crippen LogP contribution in [0.2, 0.25) is 0 Å². The summed E-state index contributed by atoms with van der Waals surface area (Å²) in [5.41, 5.74) is 2.94. The van der Waals surface area contributed by atoms with Crippen LogP contribution >= 0.6 is 11.8 Å². The fourth-order valence-electron chi connectivity index (χ4n) is 6.09. The Balaban J connectivity index is 0.000000350. The van der Waals surface area contributed by atoms with E-state index < -0.39 is 12.1 Å². The molecule has 0 spiro atoms. The van der Waals surface area contributed by atoms with Crippen LogP contribution in [-0.4, -0.2) is 58.7 Å². The van der Waals surface area contributed by atoms with Gasteiger partial charge in [-0.1, -0.05) is 125 Å². The Hall–Kier alpha value is -4.89. The molecule has 2 unspecified atom stereocenters. The lowest BCUT2D eigenvalue weighted by Gasteiger charge is -2.16. The molecule has 0 saturated heterocycles. The maximum atomic E-state index is 12.4. The summed E-state index contributed by atoms with van der Waals surface area (Å²) in [6.45, 7) is 5.94. The molecule has 0 aliphatic heterocycles. The molecule has 0 fully saturated rings. The third kappa shape index (κ3) is 19.7. The Kier molecular flexibility index (Phi) is 22.6. The van der Waals surface area contributed by atoms with E-state index in [1.54, 1.807) is 60.7 Å². The van der Waals surface area contributed by atoms with Crippen molar-refractivity contribution in [2.75, 3.05) is 18.1 Å². The van der Waals surface area contributed by atoms with E-state index in [1.165, 1.54) is 83.8 Å². The normalized spacial score (nSPS) is 11.7. The second-order valence-corrected chi connectivity index (χ2v) is 15.6. The molecular formula is C48H62N2O6S. The van der Waals surface area contributed by atoms with Gasteiger partial charge in [-0.25, -0.2) is 0 Å². The number of phenols is 1. The first kappa shape index (κ1) is 46.5. The van der Waals surface area contributed by atoms with Crippen molar-refractivity contribution in [3.05, 3.63) is 131 Å². The second-order valence-electron chi connectivity index (χ2n) is 14.4. The molecule has 3 N–H and O–H groups in total. The van der Waals surface area contributed by atoms with Crippen LogP contribution in [0, 0.1) is 0 Å². The molecule has 0 aromatic heterocycles. The summed E-state index contributed by atoms with van der Waals surface area (Å²) in [7, 11) is 0. The lowest BCUT2D eigenvalue weighted by Crippen LogP contribution is -2.41. The number of aromatic hydroxyl groups is 1. The zero-order valence-electron chi connectivity index (χ0n) is 34.1. The SMILES string of the molecule is CC(=O)C(Cc1ccc(O)cc1)NC(=O)c1ccccc1.CCCCCCCCCCCCSCCOc1ccc(CC(NC(=O)c2ccccc2)C(C)=O)cc1. The third-order valence-electron chi connectivity index (χ3n) is 9.54. The number of thioether (sulfide) groups is 1. The smallest absolute Gasteiger partial charge is 0.251 e. The third-order valence-corrected chi connectivity index (χ3v) is 10.6. The zero-order valence-corrected chi connectivity index (χ0v) is 34.9.